The van der Waals surface area contributed by atoms with E-state index in [1.165, 1.54) is 32.1 Å². The van der Waals surface area contributed by atoms with E-state index in [-0.39, 0.29) is 5.91 Å². The molecule has 0 heterocycles. The minimum atomic E-state index is -0.555. The predicted molar refractivity (Wildman–Crippen MR) is 90.1 cm³/mol. The van der Waals surface area contributed by atoms with E-state index in [4.69, 9.17) is 5.73 Å². The number of carbonyl (C=O) groups is 1. The normalized spacial score (nSPS) is 15.4. The fourth-order valence-electron chi connectivity index (χ4n) is 3.26. The number of nitrogens with two attached hydrogens (primary N) is 1. The van der Waals surface area contributed by atoms with Crippen LogP contribution in [-0.2, 0) is 10.2 Å². The van der Waals surface area contributed by atoms with Gasteiger partial charge in [0.1, 0.15) is 0 Å². The standard InChI is InChI=1S/C19H31NO/c1-4-6-7-8-10-13-16(5-2)19(3,18(20)21)17-14-11-9-12-15-17/h9,11-12,14-16H,4-8,10,13H2,1-3H3,(H2,20,21). The molecule has 0 aliphatic carbocycles. The molecule has 2 unspecified atom stereocenters. The molecule has 0 aromatic heterocycles. The number of rotatable bonds is 10. The van der Waals surface area contributed by atoms with Gasteiger partial charge in [-0.1, -0.05) is 82.7 Å². The van der Waals surface area contributed by atoms with Crippen LogP contribution in [0.2, 0.25) is 0 Å². The number of carbonyl (C=O) groups excluding carboxylic acids is 1. The van der Waals surface area contributed by atoms with Crippen LogP contribution in [0.4, 0.5) is 0 Å². The second-order valence-electron chi connectivity index (χ2n) is 6.24. The smallest absolute Gasteiger partial charge is 0.228 e. The summed E-state index contributed by atoms with van der Waals surface area (Å²) in [5, 5.41) is 0. The van der Waals surface area contributed by atoms with Gasteiger partial charge in [0.15, 0.2) is 0 Å². The summed E-state index contributed by atoms with van der Waals surface area (Å²) in [6.07, 6.45) is 8.38. The first-order valence-corrected chi connectivity index (χ1v) is 8.42. The molecule has 0 aliphatic rings. The van der Waals surface area contributed by atoms with Crippen LogP contribution < -0.4 is 5.73 Å². The van der Waals surface area contributed by atoms with Crippen molar-refractivity contribution in [2.24, 2.45) is 11.7 Å². The molecule has 0 saturated carbocycles. The Bertz CT molecular complexity index is 415. The van der Waals surface area contributed by atoms with Crippen LogP contribution in [0.25, 0.3) is 0 Å². The van der Waals surface area contributed by atoms with E-state index < -0.39 is 5.41 Å². The van der Waals surface area contributed by atoms with Crippen LogP contribution in [0, 0.1) is 5.92 Å². The Morgan fingerprint density at radius 3 is 2.24 bits per heavy atom. The third-order valence-corrected chi connectivity index (χ3v) is 4.85. The van der Waals surface area contributed by atoms with Crippen molar-refractivity contribution in [3.05, 3.63) is 35.9 Å². The van der Waals surface area contributed by atoms with Crippen molar-refractivity contribution in [3.63, 3.8) is 0 Å². The third kappa shape index (κ3) is 4.59. The van der Waals surface area contributed by atoms with E-state index in [2.05, 4.69) is 13.8 Å². The molecule has 0 radical (unpaired) electrons. The van der Waals surface area contributed by atoms with E-state index in [0.717, 1.165) is 18.4 Å². The molecule has 1 aromatic rings. The van der Waals surface area contributed by atoms with Gasteiger partial charge in [-0.3, -0.25) is 4.79 Å². The lowest BCUT2D eigenvalue weighted by molar-refractivity contribution is -0.125. The summed E-state index contributed by atoms with van der Waals surface area (Å²) in [6, 6.07) is 10.0. The molecular formula is C19H31NO. The highest BCUT2D eigenvalue weighted by atomic mass is 16.1. The maximum atomic E-state index is 12.2. The van der Waals surface area contributed by atoms with E-state index in [9.17, 15) is 4.79 Å². The van der Waals surface area contributed by atoms with E-state index in [0.29, 0.717) is 5.92 Å². The Morgan fingerprint density at radius 2 is 1.71 bits per heavy atom. The van der Waals surface area contributed by atoms with Gasteiger partial charge in [0, 0.05) is 0 Å². The number of benzene rings is 1. The molecule has 21 heavy (non-hydrogen) atoms. The Labute approximate surface area is 130 Å². The largest absolute Gasteiger partial charge is 0.369 e. The minimum absolute atomic E-state index is 0.200. The first-order chi connectivity index (χ1) is 10.1. The SMILES string of the molecule is CCCCCCCC(CC)C(C)(C(N)=O)c1ccccc1. The highest BCUT2D eigenvalue weighted by Gasteiger charge is 2.39. The van der Waals surface area contributed by atoms with Crippen LogP contribution in [0.15, 0.2) is 30.3 Å². The van der Waals surface area contributed by atoms with E-state index >= 15 is 0 Å². The molecule has 2 atom stereocenters. The lowest BCUT2D eigenvalue weighted by Gasteiger charge is -2.35. The molecule has 118 valence electrons. The molecule has 0 fully saturated rings. The molecule has 2 heteroatoms. The van der Waals surface area contributed by atoms with E-state index in [1.807, 2.05) is 37.3 Å². The second kappa shape index (κ2) is 8.86. The summed E-state index contributed by atoms with van der Waals surface area (Å²) in [4.78, 5) is 12.2. The highest BCUT2D eigenvalue weighted by Crippen LogP contribution is 2.37. The van der Waals surface area contributed by atoms with Crippen molar-refractivity contribution >= 4 is 5.91 Å². The van der Waals surface area contributed by atoms with Crippen molar-refractivity contribution in [3.8, 4) is 0 Å². The molecule has 0 saturated heterocycles. The van der Waals surface area contributed by atoms with Gasteiger partial charge in [0.2, 0.25) is 5.91 Å². The van der Waals surface area contributed by atoms with Gasteiger partial charge in [-0.2, -0.15) is 0 Å². The van der Waals surface area contributed by atoms with Crippen LogP contribution in [-0.4, -0.2) is 5.91 Å². The summed E-state index contributed by atoms with van der Waals surface area (Å²) in [6.45, 7) is 6.42. The first kappa shape index (κ1) is 17.7. The van der Waals surface area contributed by atoms with Gasteiger partial charge in [-0.25, -0.2) is 0 Å². The molecule has 1 aromatic carbocycles. The zero-order valence-corrected chi connectivity index (χ0v) is 13.9. The van der Waals surface area contributed by atoms with Crippen molar-refractivity contribution in [2.45, 2.75) is 71.1 Å². The van der Waals surface area contributed by atoms with Gasteiger partial charge >= 0.3 is 0 Å². The Kier molecular flexibility index (Phi) is 7.49. The van der Waals surface area contributed by atoms with Gasteiger partial charge in [-0.15, -0.1) is 0 Å². The first-order valence-electron chi connectivity index (χ1n) is 8.42. The topological polar surface area (TPSA) is 43.1 Å². The van der Waals surface area contributed by atoms with Gasteiger partial charge in [-0.05, 0) is 24.8 Å². The van der Waals surface area contributed by atoms with Crippen molar-refractivity contribution in [1.82, 2.24) is 0 Å². The fourth-order valence-corrected chi connectivity index (χ4v) is 3.26. The third-order valence-electron chi connectivity index (χ3n) is 4.85. The van der Waals surface area contributed by atoms with Gasteiger partial charge in [0.05, 0.1) is 5.41 Å². The zero-order valence-electron chi connectivity index (χ0n) is 13.9. The Morgan fingerprint density at radius 1 is 1.10 bits per heavy atom. The molecule has 2 nitrogen and oxygen atoms in total. The lowest BCUT2D eigenvalue weighted by Crippen LogP contribution is -2.44. The summed E-state index contributed by atoms with van der Waals surface area (Å²) in [5.41, 5.74) is 6.29. The van der Waals surface area contributed by atoms with Crippen molar-refractivity contribution in [1.29, 1.82) is 0 Å². The molecule has 0 bridgehead atoms. The van der Waals surface area contributed by atoms with Crippen LogP contribution >= 0.6 is 0 Å². The highest BCUT2D eigenvalue weighted by molar-refractivity contribution is 5.86. The average molecular weight is 289 g/mol. The lowest BCUT2D eigenvalue weighted by atomic mass is 9.68. The maximum Gasteiger partial charge on any atom is 0.228 e. The Hall–Kier alpha value is -1.31. The number of amides is 1. The average Bonchev–Trinajstić information content (AvgIpc) is 2.51. The predicted octanol–water partition coefficient (Wildman–Crippen LogP) is 4.82. The van der Waals surface area contributed by atoms with Crippen LogP contribution in [0.5, 0.6) is 0 Å². The maximum absolute atomic E-state index is 12.2. The summed E-state index contributed by atoms with van der Waals surface area (Å²) in [7, 11) is 0. The van der Waals surface area contributed by atoms with Gasteiger partial charge in [0.25, 0.3) is 0 Å². The van der Waals surface area contributed by atoms with Gasteiger partial charge < -0.3 is 5.73 Å². The number of hydrogen-bond acceptors (Lipinski definition) is 1. The van der Waals surface area contributed by atoms with E-state index in [1.54, 1.807) is 0 Å². The number of unbranched alkanes of at least 4 members (excludes halogenated alkanes) is 4. The van der Waals surface area contributed by atoms with Crippen LogP contribution in [0.3, 0.4) is 0 Å². The summed E-state index contributed by atoms with van der Waals surface area (Å²) in [5.74, 6) is 0.119. The second-order valence-corrected chi connectivity index (χ2v) is 6.24. The molecule has 1 amide bonds. The number of hydrogen-bond donors (Lipinski definition) is 1. The fraction of sp³-hybridized carbons (Fsp3) is 0.632. The monoisotopic (exact) mass is 289 g/mol. The molecule has 1 rings (SSSR count). The molecule has 0 spiro atoms. The van der Waals surface area contributed by atoms with Crippen molar-refractivity contribution in [2.75, 3.05) is 0 Å². The Balaban J connectivity index is 2.79. The molecule has 0 aliphatic heterocycles. The van der Waals surface area contributed by atoms with Crippen molar-refractivity contribution < 1.29 is 4.79 Å². The summed E-state index contributed by atoms with van der Waals surface area (Å²) < 4.78 is 0. The zero-order chi connectivity index (χ0) is 15.7. The minimum Gasteiger partial charge on any atom is -0.369 e. The summed E-state index contributed by atoms with van der Waals surface area (Å²) >= 11 is 0. The quantitative estimate of drug-likeness (QED) is 0.617. The molecule has 2 N–H and O–H groups in total. The van der Waals surface area contributed by atoms with Crippen LogP contribution in [0.1, 0.15) is 71.3 Å². The molecular weight excluding hydrogens is 258 g/mol. The number of primary amides is 1.